The van der Waals surface area contributed by atoms with Gasteiger partial charge in [0, 0.05) is 17.7 Å². The van der Waals surface area contributed by atoms with E-state index in [1.165, 1.54) is 28.8 Å². The van der Waals surface area contributed by atoms with Gasteiger partial charge in [-0.25, -0.2) is 9.07 Å². The fraction of sp³-hybridized carbons (Fsp3) is 0.233. The lowest BCUT2D eigenvalue weighted by molar-refractivity contribution is -0.122. The second-order valence-electron chi connectivity index (χ2n) is 9.47. The van der Waals surface area contributed by atoms with Gasteiger partial charge in [0.05, 0.1) is 22.4 Å². The quantitative estimate of drug-likeness (QED) is 0.340. The Balaban J connectivity index is 1.59. The molecule has 0 aliphatic carbocycles. The Labute approximate surface area is 235 Å². The maximum Gasteiger partial charge on any atom is 0.240 e. The molecule has 0 saturated carbocycles. The molecule has 2 amide bonds. The van der Waals surface area contributed by atoms with Crippen LogP contribution < -0.4 is 19.7 Å². The molecule has 0 radical (unpaired) electrons. The number of benzene rings is 3. The van der Waals surface area contributed by atoms with Gasteiger partial charge in [0.25, 0.3) is 0 Å². The number of hydrogen-bond acceptors (Lipinski definition) is 6. The fourth-order valence-electron chi connectivity index (χ4n) is 4.89. The summed E-state index contributed by atoms with van der Waals surface area (Å²) in [5.74, 6) is 1.06. The number of thioether (sulfide) groups is 1. The number of aromatic nitrogens is 2. The van der Waals surface area contributed by atoms with Crippen molar-refractivity contribution in [3.05, 3.63) is 89.7 Å². The van der Waals surface area contributed by atoms with E-state index in [2.05, 4.69) is 5.32 Å². The van der Waals surface area contributed by atoms with Crippen LogP contribution in [0.2, 0.25) is 0 Å². The number of anilines is 1. The molecule has 0 saturated heterocycles. The van der Waals surface area contributed by atoms with Crippen LogP contribution in [0.5, 0.6) is 11.5 Å². The van der Waals surface area contributed by atoms with Crippen molar-refractivity contribution in [3.63, 3.8) is 0 Å². The molecule has 2 aliphatic rings. The van der Waals surface area contributed by atoms with Crippen LogP contribution in [0.25, 0.3) is 16.9 Å². The van der Waals surface area contributed by atoms with Crippen molar-refractivity contribution >= 4 is 29.4 Å². The standard InChI is InChI=1S/C30H27FN4O4S/c1-2-14-32-25(36)16-34-26(37)17-40-29(20-8-13-23-24(15-20)39-18-38-23)27-28(19-6-4-3-5-7-19)33-35(30(27)34)22-11-9-21(31)10-12-22/h3-13,15,29H,2,14,16-18H2,1H3,(H,32,36)/t29-/m0/s1. The van der Waals surface area contributed by atoms with Gasteiger partial charge >= 0.3 is 0 Å². The van der Waals surface area contributed by atoms with E-state index in [0.29, 0.717) is 35.2 Å². The van der Waals surface area contributed by atoms with E-state index < -0.39 is 0 Å². The Hall–Kier alpha value is -4.31. The van der Waals surface area contributed by atoms with Crippen molar-refractivity contribution in [2.75, 3.05) is 30.5 Å². The Kier molecular flexibility index (Phi) is 7.17. The molecule has 3 aromatic carbocycles. The second-order valence-corrected chi connectivity index (χ2v) is 10.6. The molecule has 4 aromatic rings. The van der Waals surface area contributed by atoms with E-state index >= 15 is 0 Å². The Morgan fingerprint density at radius 2 is 1.85 bits per heavy atom. The minimum atomic E-state index is -0.383. The monoisotopic (exact) mass is 558 g/mol. The van der Waals surface area contributed by atoms with Crippen LogP contribution in [0.3, 0.4) is 0 Å². The summed E-state index contributed by atoms with van der Waals surface area (Å²) in [4.78, 5) is 28.2. The Bertz CT molecular complexity index is 1560. The van der Waals surface area contributed by atoms with Gasteiger partial charge in [-0.15, -0.1) is 11.8 Å². The van der Waals surface area contributed by atoms with E-state index in [4.69, 9.17) is 14.6 Å². The van der Waals surface area contributed by atoms with E-state index in [1.807, 2.05) is 55.5 Å². The molecule has 0 spiro atoms. The third-order valence-electron chi connectivity index (χ3n) is 6.78. The lowest BCUT2D eigenvalue weighted by atomic mass is 9.99. The molecule has 10 heteroatoms. The van der Waals surface area contributed by atoms with Crippen molar-refractivity contribution < 1.29 is 23.5 Å². The number of carbonyl (C=O) groups is 2. The summed E-state index contributed by atoms with van der Waals surface area (Å²) >= 11 is 1.47. The molecule has 0 fully saturated rings. The molecule has 3 heterocycles. The number of hydrogen-bond donors (Lipinski definition) is 1. The molecule has 8 nitrogen and oxygen atoms in total. The Morgan fingerprint density at radius 1 is 1.07 bits per heavy atom. The molecule has 1 aromatic heterocycles. The summed E-state index contributed by atoms with van der Waals surface area (Å²) in [6.07, 6.45) is 0.776. The van der Waals surface area contributed by atoms with Gasteiger partial charge in [0.15, 0.2) is 11.5 Å². The third kappa shape index (κ3) is 4.90. The number of nitrogens with one attached hydrogen (secondary N) is 1. The van der Waals surface area contributed by atoms with Crippen LogP contribution in [0.15, 0.2) is 72.8 Å². The number of amides is 2. The highest BCUT2D eigenvalue weighted by molar-refractivity contribution is 8.00. The zero-order valence-corrected chi connectivity index (χ0v) is 22.6. The van der Waals surface area contributed by atoms with Crippen molar-refractivity contribution in [3.8, 4) is 28.4 Å². The number of ether oxygens (including phenoxy) is 2. The van der Waals surface area contributed by atoms with Crippen molar-refractivity contribution in [1.29, 1.82) is 0 Å². The van der Waals surface area contributed by atoms with Crippen molar-refractivity contribution in [2.45, 2.75) is 18.6 Å². The smallest absolute Gasteiger partial charge is 0.240 e. The van der Waals surface area contributed by atoms with Crippen LogP contribution in [-0.2, 0) is 9.59 Å². The largest absolute Gasteiger partial charge is 0.454 e. The first kappa shape index (κ1) is 25.9. The zero-order valence-electron chi connectivity index (χ0n) is 21.8. The first-order chi connectivity index (χ1) is 19.5. The Morgan fingerprint density at radius 3 is 2.62 bits per heavy atom. The maximum atomic E-state index is 13.9. The highest BCUT2D eigenvalue weighted by Crippen LogP contribution is 2.50. The van der Waals surface area contributed by atoms with Crippen LogP contribution in [0.4, 0.5) is 10.2 Å². The number of halogens is 1. The van der Waals surface area contributed by atoms with Gasteiger partial charge < -0.3 is 14.8 Å². The highest BCUT2D eigenvalue weighted by atomic mass is 32.2. The fourth-order valence-corrected chi connectivity index (χ4v) is 6.08. The lowest BCUT2D eigenvalue weighted by Gasteiger charge is -2.23. The van der Waals surface area contributed by atoms with Crippen molar-refractivity contribution in [2.24, 2.45) is 0 Å². The predicted molar refractivity (Wildman–Crippen MR) is 151 cm³/mol. The molecule has 1 N–H and O–H groups in total. The number of fused-ring (bicyclic) bond motifs is 2. The first-order valence-corrected chi connectivity index (χ1v) is 14.1. The van der Waals surface area contributed by atoms with Gasteiger partial charge in [0.2, 0.25) is 18.6 Å². The van der Waals surface area contributed by atoms with Crippen LogP contribution >= 0.6 is 11.8 Å². The first-order valence-electron chi connectivity index (χ1n) is 13.1. The topological polar surface area (TPSA) is 85.7 Å². The van der Waals surface area contributed by atoms with E-state index in [0.717, 1.165) is 23.1 Å². The second kappa shape index (κ2) is 11.1. The van der Waals surface area contributed by atoms with Crippen LogP contribution in [-0.4, -0.2) is 47.2 Å². The van der Waals surface area contributed by atoms with E-state index in [9.17, 15) is 14.0 Å². The average molecular weight is 559 g/mol. The summed E-state index contributed by atoms with van der Waals surface area (Å²) < 4.78 is 26.8. The third-order valence-corrected chi connectivity index (χ3v) is 8.04. The summed E-state index contributed by atoms with van der Waals surface area (Å²) in [5, 5.41) is 7.57. The lowest BCUT2D eigenvalue weighted by Crippen LogP contribution is -2.42. The molecule has 1 atom stereocenters. The molecule has 204 valence electrons. The highest BCUT2D eigenvalue weighted by Gasteiger charge is 2.38. The van der Waals surface area contributed by atoms with Gasteiger partial charge in [-0.3, -0.25) is 14.5 Å². The molecule has 40 heavy (non-hydrogen) atoms. The van der Waals surface area contributed by atoms with Gasteiger partial charge in [-0.2, -0.15) is 5.10 Å². The zero-order chi connectivity index (χ0) is 27.6. The van der Waals surface area contributed by atoms with Gasteiger partial charge in [-0.05, 0) is 48.4 Å². The molecular formula is C30H27FN4O4S. The minimum absolute atomic E-state index is 0.145. The van der Waals surface area contributed by atoms with Crippen LogP contribution in [0, 0.1) is 5.82 Å². The normalized spacial score (nSPS) is 16.0. The molecule has 2 aliphatic heterocycles. The van der Waals surface area contributed by atoms with Crippen LogP contribution in [0.1, 0.15) is 29.7 Å². The molecule has 6 rings (SSSR count). The number of nitrogens with zero attached hydrogens (tertiary/aromatic N) is 3. The van der Waals surface area contributed by atoms with E-state index in [1.54, 1.807) is 16.8 Å². The summed E-state index contributed by atoms with van der Waals surface area (Å²) in [6, 6.07) is 21.4. The molecular weight excluding hydrogens is 531 g/mol. The maximum absolute atomic E-state index is 13.9. The summed E-state index contributed by atoms with van der Waals surface area (Å²) in [6.45, 7) is 2.46. The number of carbonyl (C=O) groups excluding carboxylic acids is 2. The minimum Gasteiger partial charge on any atom is -0.454 e. The van der Waals surface area contributed by atoms with Crippen molar-refractivity contribution in [1.82, 2.24) is 15.1 Å². The summed E-state index contributed by atoms with van der Waals surface area (Å²) in [5.41, 5.74) is 3.80. The predicted octanol–water partition coefficient (Wildman–Crippen LogP) is 5.10. The number of rotatable bonds is 7. The average Bonchev–Trinajstić information content (AvgIpc) is 3.57. The van der Waals surface area contributed by atoms with E-state index in [-0.39, 0.29) is 42.0 Å². The molecule has 0 bridgehead atoms. The SMILES string of the molecule is CCCNC(=O)CN1C(=O)CS[C@@H](c2ccc3c(c2)OCO3)c2c(-c3ccccc3)nn(-c3ccc(F)cc3)c21. The molecule has 0 unspecified atom stereocenters. The van der Waals surface area contributed by atoms with Gasteiger partial charge in [0.1, 0.15) is 18.2 Å². The van der Waals surface area contributed by atoms with Gasteiger partial charge in [-0.1, -0.05) is 43.3 Å². The summed E-state index contributed by atoms with van der Waals surface area (Å²) in [7, 11) is 0.